The van der Waals surface area contributed by atoms with Crippen LogP contribution < -0.4 is 10.1 Å². The third-order valence-electron chi connectivity index (χ3n) is 4.36. The lowest BCUT2D eigenvalue weighted by atomic mass is 10.1. The molecule has 0 unspecified atom stereocenters. The average Bonchev–Trinajstić information content (AvgIpc) is 3.24. The summed E-state index contributed by atoms with van der Waals surface area (Å²) in [6, 6.07) is 16.5. The second kappa shape index (κ2) is 10.5. The number of halogens is 3. The lowest BCUT2D eigenvalue weighted by Crippen LogP contribution is -2.36. The van der Waals surface area contributed by atoms with Gasteiger partial charge in [-0.3, -0.25) is 4.79 Å². The molecule has 1 aromatic heterocycles. The molecule has 0 aliphatic heterocycles. The van der Waals surface area contributed by atoms with E-state index in [1.165, 1.54) is 6.08 Å². The summed E-state index contributed by atoms with van der Waals surface area (Å²) in [6.45, 7) is -2.32. The van der Waals surface area contributed by atoms with Crippen LogP contribution in [0.15, 0.2) is 66.9 Å². The van der Waals surface area contributed by atoms with Gasteiger partial charge in [-0.1, -0.05) is 18.2 Å². The van der Waals surface area contributed by atoms with E-state index in [0.29, 0.717) is 17.0 Å². The number of ether oxygens (including phenoxy) is 2. The number of methoxy groups -OCH3 is 1. The number of benzene rings is 2. The number of amides is 1. The van der Waals surface area contributed by atoms with Crippen LogP contribution >= 0.6 is 0 Å². The average molecular weight is 459 g/mol. The number of rotatable bonds is 8. The van der Waals surface area contributed by atoms with Crippen LogP contribution in [0, 0.1) is 0 Å². The Labute approximate surface area is 187 Å². The molecule has 0 spiro atoms. The van der Waals surface area contributed by atoms with Crippen LogP contribution in [0.5, 0.6) is 5.75 Å². The van der Waals surface area contributed by atoms with E-state index in [2.05, 4.69) is 5.10 Å². The second-order valence-electron chi connectivity index (χ2n) is 6.77. The Bertz CT molecular complexity index is 1120. The molecule has 10 heteroatoms. The second-order valence-corrected chi connectivity index (χ2v) is 6.77. The van der Waals surface area contributed by atoms with Gasteiger partial charge in [0.2, 0.25) is 0 Å². The highest BCUT2D eigenvalue weighted by molar-refractivity contribution is 5.90. The minimum absolute atomic E-state index is 0.577. The van der Waals surface area contributed by atoms with Crippen LogP contribution in [0.4, 0.5) is 13.2 Å². The lowest BCUT2D eigenvalue weighted by molar-refractivity contribution is -0.148. The molecule has 1 amide bonds. The molecule has 0 saturated heterocycles. The van der Waals surface area contributed by atoms with E-state index in [9.17, 15) is 22.8 Å². The Hall–Kier alpha value is -4.08. The molecule has 0 saturated carbocycles. The van der Waals surface area contributed by atoms with Gasteiger partial charge in [0.1, 0.15) is 12.3 Å². The van der Waals surface area contributed by atoms with Crippen molar-refractivity contribution in [2.24, 2.45) is 0 Å². The summed E-state index contributed by atoms with van der Waals surface area (Å²) in [4.78, 5) is 23.4. The molecule has 0 bridgehead atoms. The summed E-state index contributed by atoms with van der Waals surface area (Å²) in [6.07, 6.45) is -0.288. The van der Waals surface area contributed by atoms with E-state index in [0.717, 1.165) is 17.3 Å². The maximum atomic E-state index is 12.1. The van der Waals surface area contributed by atoms with Gasteiger partial charge in [-0.25, -0.2) is 9.48 Å². The number of nitrogens with one attached hydrogen (secondary N) is 1. The number of alkyl halides is 3. The normalized spacial score (nSPS) is 11.4. The van der Waals surface area contributed by atoms with E-state index >= 15 is 0 Å². The molecule has 3 rings (SSSR count). The quantitative estimate of drug-likeness (QED) is 0.410. The first-order chi connectivity index (χ1) is 15.7. The molecular weight excluding hydrogens is 439 g/mol. The smallest absolute Gasteiger partial charge is 0.405 e. The topological polar surface area (TPSA) is 82.5 Å². The van der Waals surface area contributed by atoms with E-state index in [4.69, 9.17) is 9.47 Å². The van der Waals surface area contributed by atoms with E-state index in [1.54, 1.807) is 35.4 Å². The van der Waals surface area contributed by atoms with Crippen molar-refractivity contribution in [2.75, 3.05) is 20.3 Å². The van der Waals surface area contributed by atoms with Gasteiger partial charge >= 0.3 is 12.1 Å². The number of aromatic nitrogens is 2. The van der Waals surface area contributed by atoms with Crippen molar-refractivity contribution in [1.82, 2.24) is 15.1 Å². The van der Waals surface area contributed by atoms with Crippen molar-refractivity contribution in [3.8, 4) is 22.7 Å². The maximum absolute atomic E-state index is 12.1. The SMILES string of the molecule is COc1ccc(-c2nn(-c3ccccc3)cc2/C=C/C(=O)OCC(=O)NCC(F)(F)F)cc1. The first-order valence-electron chi connectivity index (χ1n) is 9.73. The highest BCUT2D eigenvalue weighted by Crippen LogP contribution is 2.26. The molecule has 33 heavy (non-hydrogen) atoms. The Morgan fingerprint density at radius 3 is 2.42 bits per heavy atom. The third-order valence-corrected chi connectivity index (χ3v) is 4.36. The van der Waals surface area contributed by atoms with Gasteiger partial charge in [0.25, 0.3) is 5.91 Å². The molecule has 0 aliphatic carbocycles. The summed E-state index contributed by atoms with van der Waals surface area (Å²) in [5.74, 6) is -1.26. The van der Waals surface area contributed by atoms with E-state index < -0.39 is 31.2 Å². The molecule has 0 radical (unpaired) electrons. The summed E-state index contributed by atoms with van der Waals surface area (Å²) in [5.41, 5.74) is 2.73. The predicted octanol–water partition coefficient (Wildman–Crippen LogP) is 3.78. The monoisotopic (exact) mass is 459 g/mol. The van der Waals surface area contributed by atoms with Gasteiger partial charge in [-0.05, 0) is 42.5 Å². The molecule has 0 aliphatic rings. The Morgan fingerprint density at radius 2 is 1.79 bits per heavy atom. The summed E-state index contributed by atoms with van der Waals surface area (Å²) >= 11 is 0. The largest absolute Gasteiger partial charge is 0.497 e. The first kappa shape index (κ1) is 23.6. The van der Waals surface area contributed by atoms with Gasteiger partial charge in [0, 0.05) is 23.4 Å². The zero-order chi connectivity index (χ0) is 23.8. The van der Waals surface area contributed by atoms with E-state index in [-0.39, 0.29) is 0 Å². The number of carbonyl (C=O) groups is 2. The highest BCUT2D eigenvalue weighted by Gasteiger charge is 2.27. The van der Waals surface area contributed by atoms with Crippen LogP contribution in [0.25, 0.3) is 23.0 Å². The molecule has 1 N–H and O–H groups in total. The van der Waals surface area contributed by atoms with Gasteiger partial charge in [0.15, 0.2) is 6.61 Å². The van der Waals surface area contributed by atoms with Crippen molar-refractivity contribution in [3.05, 3.63) is 72.4 Å². The molecule has 172 valence electrons. The fourth-order valence-electron chi connectivity index (χ4n) is 2.79. The molecule has 0 fully saturated rings. The Balaban J connectivity index is 1.76. The minimum Gasteiger partial charge on any atom is -0.497 e. The van der Waals surface area contributed by atoms with Crippen molar-refractivity contribution in [2.45, 2.75) is 6.18 Å². The van der Waals surface area contributed by atoms with E-state index in [1.807, 2.05) is 42.5 Å². The lowest BCUT2D eigenvalue weighted by Gasteiger charge is -2.07. The van der Waals surface area contributed by atoms with Crippen molar-refractivity contribution >= 4 is 18.0 Å². The Morgan fingerprint density at radius 1 is 1.09 bits per heavy atom. The van der Waals surface area contributed by atoms with Crippen LogP contribution in [0.1, 0.15) is 5.56 Å². The molecule has 3 aromatic rings. The van der Waals surface area contributed by atoms with Crippen molar-refractivity contribution in [1.29, 1.82) is 0 Å². The maximum Gasteiger partial charge on any atom is 0.405 e. The highest BCUT2D eigenvalue weighted by atomic mass is 19.4. The van der Waals surface area contributed by atoms with Crippen LogP contribution in [0.2, 0.25) is 0 Å². The third kappa shape index (κ3) is 6.96. The Kier molecular flexibility index (Phi) is 7.50. The molecule has 2 aromatic carbocycles. The van der Waals surface area contributed by atoms with Crippen molar-refractivity contribution in [3.63, 3.8) is 0 Å². The van der Waals surface area contributed by atoms with Gasteiger partial charge in [-0.15, -0.1) is 0 Å². The number of esters is 1. The minimum atomic E-state index is -4.55. The van der Waals surface area contributed by atoms with Gasteiger partial charge in [0.05, 0.1) is 18.5 Å². The van der Waals surface area contributed by atoms with Crippen LogP contribution in [-0.4, -0.2) is 48.1 Å². The fraction of sp³-hybridized carbons (Fsp3) is 0.174. The number of nitrogens with zero attached hydrogens (tertiary/aromatic N) is 2. The standard InChI is InChI=1S/C23H20F3N3O4/c1-32-19-10-7-16(8-11-19)22-17(13-29(28-22)18-5-3-2-4-6-18)9-12-21(31)33-14-20(30)27-15-23(24,25)26/h2-13H,14-15H2,1H3,(H,27,30)/b12-9+. The summed E-state index contributed by atoms with van der Waals surface area (Å²) in [5, 5.41) is 6.23. The van der Waals surface area contributed by atoms with Crippen LogP contribution in [0.3, 0.4) is 0 Å². The number of para-hydroxylation sites is 1. The molecule has 1 heterocycles. The fourth-order valence-corrected chi connectivity index (χ4v) is 2.79. The number of hydrogen-bond donors (Lipinski definition) is 1. The molecule has 0 atom stereocenters. The number of hydrogen-bond acceptors (Lipinski definition) is 5. The zero-order valence-corrected chi connectivity index (χ0v) is 17.5. The number of carbonyl (C=O) groups excluding carboxylic acids is 2. The first-order valence-corrected chi connectivity index (χ1v) is 9.73. The zero-order valence-electron chi connectivity index (χ0n) is 17.5. The summed E-state index contributed by atoms with van der Waals surface area (Å²) in [7, 11) is 1.56. The predicted molar refractivity (Wildman–Crippen MR) is 115 cm³/mol. The van der Waals surface area contributed by atoms with Gasteiger partial charge < -0.3 is 14.8 Å². The summed E-state index contributed by atoms with van der Waals surface area (Å²) < 4.78 is 47.9. The van der Waals surface area contributed by atoms with Crippen molar-refractivity contribution < 1.29 is 32.2 Å². The van der Waals surface area contributed by atoms with Crippen LogP contribution in [-0.2, 0) is 14.3 Å². The van der Waals surface area contributed by atoms with Gasteiger partial charge in [-0.2, -0.15) is 18.3 Å². The molecule has 7 nitrogen and oxygen atoms in total. The molecular formula is C23H20F3N3O4.